The Morgan fingerprint density at radius 3 is 2.03 bits per heavy atom. The predicted molar refractivity (Wildman–Crippen MR) is 103 cm³/mol. The molecule has 162 valence electrons. The van der Waals surface area contributed by atoms with Crippen LogP contribution >= 0.6 is 0 Å². The van der Waals surface area contributed by atoms with Crippen LogP contribution < -0.4 is 21.9 Å². The monoisotopic (exact) mass is 413 g/mol. The number of carbonyl (C=O) groups is 4. The highest BCUT2D eigenvalue weighted by molar-refractivity contribution is 5.89. The summed E-state index contributed by atoms with van der Waals surface area (Å²) in [7, 11) is 0. The number of benzene rings is 1. The highest BCUT2D eigenvalue weighted by Gasteiger charge is 2.33. The van der Waals surface area contributed by atoms with E-state index < -0.39 is 11.9 Å². The van der Waals surface area contributed by atoms with E-state index in [0.29, 0.717) is 25.9 Å². The van der Waals surface area contributed by atoms with Crippen LogP contribution in [0.4, 0.5) is 5.69 Å². The van der Waals surface area contributed by atoms with Crippen LogP contribution in [0.3, 0.4) is 0 Å². The fourth-order valence-corrected chi connectivity index (χ4v) is 2.34. The molecule has 1 aromatic carbocycles. The molecule has 2 unspecified atom stereocenters. The molecule has 2 rings (SSSR count). The Bertz CT molecular complexity index is 673. The minimum atomic E-state index is -1.12. The highest BCUT2D eigenvalue weighted by Crippen LogP contribution is 2.23. The number of hydrogen-bond acceptors (Lipinski definition) is 9. The van der Waals surface area contributed by atoms with Crippen molar-refractivity contribution < 1.29 is 38.9 Å². The third kappa shape index (κ3) is 10.7. The second-order valence-electron chi connectivity index (χ2n) is 6.11. The van der Waals surface area contributed by atoms with E-state index in [1.54, 1.807) is 0 Å². The SMILES string of the molecule is CCCOC=O.NC1CC(C(=O)O)CC1N.Nc1cc(OC=O)cc(C(=O)O)c1. The Kier molecular flexibility index (Phi) is 12.4. The van der Waals surface area contributed by atoms with Crippen LogP contribution in [0.5, 0.6) is 5.75 Å². The molecule has 0 spiro atoms. The van der Waals surface area contributed by atoms with Crippen molar-refractivity contribution in [3.63, 3.8) is 0 Å². The number of nitrogens with two attached hydrogens (primary N) is 3. The average Bonchev–Trinajstić information content (AvgIpc) is 3.00. The number of carboxylic acid groups (broad SMARTS) is 2. The molecule has 29 heavy (non-hydrogen) atoms. The van der Waals surface area contributed by atoms with Gasteiger partial charge in [-0.2, -0.15) is 0 Å². The second-order valence-corrected chi connectivity index (χ2v) is 6.11. The van der Waals surface area contributed by atoms with E-state index in [-0.39, 0.29) is 41.5 Å². The van der Waals surface area contributed by atoms with Gasteiger partial charge in [0.2, 0.25) is 0 Å². The lowest BCUT2D eigenvalue weighted by Gasteiger charge is -2.05. The molecule has 0 aromatic heterocycles. The summed E-state index contributed by atoms with van der Waals surface area (Å²) in [6.45, 7) is 3.16. The van der Waals surface area contributed by atoms with Gasteiger partial charge in [-0.05, 0) is 31.4 Å². The summed E-state index contributed by atoms with van der Waals surface area (Å²) in [5, 5.41) is 17.1. The predicted octanol–water partition coefficient (Wildman–Crippen LogP) is 0.207. The first-order valence-corrected chi connectivity index (χ1v) is 8.69. The molecule has 0 aliphatic heterocycles. The molecule has 0 saturated heterocycles. The van der Waals surface area contributed by atoms with Crippen molar-refractivity contribution in [1.82, 2.24) is 0 Å². The van der Waals surface area contributed by atoms with Gasteiger partial charge in [-0.3, -0.25) is 14.4 Å². The molecule has 11 heteroatoms. The number of aromatic carboxylic acids is 1. The van der Waals surface area contributed by atoms with Gasteiger partial charge in [0.25, 0.3) is 12.9 Å². The van der Waals surface area contributed by atoms with Crippen molar-refractivity contribution in [2.24, 2.45) is 17.4 Å². The Labute approximate surface area is 167 Å². The largest absolute Gasteiger partial charge is 0.481 e. The van der Waals surface area contributed by atoms with Crippen LogP contribution in [0, 0.1) is 5.92 Å². The molecule has 1 aromatic rings. The van der Waals surface area contributed by atoms with E-state index in [9.17, 15) is 19.2 Å². The van der Waals surface area contributed by atoms with Gasteiger partial charge in [-0.25, -0.2) is 4.79 Å². The van der Waals surface area contributed by atoms with Gasteiger partial charge in [-0.1, -0.05) is 6.92 Å². The van der Waals surface area contributed by atoms with Crippen molar-refractivity contribution in [3.8, 4) is 5.75 Å². The third-order valence-corrected chi connectivity index (χ3v) is 3.76. The maximum Gasteiger partial charge on any atom is 0.335 e. The van der Waals surface area contributed by atoms with Crippen LogP contribution in [0.2, 0.25) is 0 Å². The zero-order chi connectivity index (χ0) is 22.4. The van der Waals surface area contributed by atoms with E-state index in [4.69, 9.17) is 27.4 Å². The standard InChI is InChI=1S/C8H7NO4.C6H12N2O2.C4H8O2/c9-6-1-5(8(11)12)2-7(3-6)13-4-10;7-4-1-3(6(9)10)2-5(4)8;1-2-3-6-4-5/h1-4H,9H2,(H,11,12);3-5H,1-2,7-8H2,(H,9,10);4H,2-3H2,1H3. The number of ether oxygens (including phenoxy) is 2. The normalized spacial score (nSPS) is 19.5. The molecular weight excluding hydrogens is 386 g/mol. The summed E-state index contributed by atoms with van der Waals surface area (Å²) in [5.41, 5.74) is 16.6. The van der Waals surface area contributed by atoms with Crippen LogP contribution in [0.25, 0.3) is 0 Å². The van der Waals surface area contributed by atoms with Gasteiger partial charge in [0.15, 0.2) is 0 Å². The maximum atomic E-state index is 10.5. The molecule has 2 atom stereocenters. The topological polar surface area (TPSA) is 205 Å². The molecule has 1 aliphatic rings. The summed E-state index contributed by atoms with van der Waals surface area (Å²) < 4.78 is 8.76. The van der Waals surface area contributed by atoms with E-state index >= 15 is 0 Å². The fourth-order valence-electron chi connectivity index (χ4n) is 2.34. The number of rotatable bonds is 7. The quantitative estimate of drug-likeness (QED) is 0.232. The first kappa shape index (κ1) is 25.8. The van der Waals surface area contributed by atoms with Crippen molar-refractivity contribution in [2.75, 3.05) is 12.3 Å². The van der Waals surface area contributed by atoms with Gasteiger partial charge >= 0.3 is 11.9 Å². The van der Waals surface area contributed by atoms with Crippen LogP contribution in [-0.2, 0) is 19.1 Å². The number of carboxylic acids is 2. The van der Waals surface area contributed by atoms with E-state index in [2.05, 4.69) is 9.47 Å². The molecule has 0 amide bonds. The minimum Gasteiger partial charge on any atom is -0.481 e. The van der Waals surface area contributed by atoms with E-state index in [0.717, 1.165) is 6.42 Å². The van der Waals surface area contributed by atoms with E-state index in [1.807, 2.05) is 6.92 Å². The number of hydrogen-bond donors (Lipinski definition) is 5. The Morgan fingerprint density at radius 1 is 1.10 bits per heavy atom. The summed E-state index contributed by atoms with van der Waals surface area (Å²) in [6, 6.07) is 3.61. The van der Waals surface area contributed by atoms with Gasteiger partial charge in [-0.15, -0.1) is 0 Å². The van der Waals surface area contributed by atoms with Crippen molar-refractivity contribution >= 4 is 30.6 Å². The Balaban J connectivity index is 0.000000436. The lowest BCUT2D eigenvalue weighted by Crippen LogP contribution is -2.35. The van der Waals surface area contributed by atoms with Crippen molar-refractivity contribution in [3.05, 3.63) is 23.8 Å². The molecule has 1 fully saturated rings. The average molecular weight is 413 g/mol. The lowest BCUT2D eigenvalue weighted by atomic mass is 10.1. The molecule has 0 bridgehead atoms. The minimum absolute atomic E-state index is 0.0168. The highest BCUT2D eigenvalue weighted by atomic mass is 16.5. The maximum absolute atomic E-state index is 10.5. The van der Waals surface area contributed by atoms with Crippen molar-refractivity contribution in [1.29, 1.82) is 0 Å². The van der Waals surface area contributed by atoms with Crippen LogP contribution in [0.15, 0.2) is 18.2 Å². The lowest BCUT2D eigenvalue weighted by molar-refractivity contribution is -0.141. The van der Waals surface area contributed by atoms with Gasteiger partial charge in [0.05, 0.1) is 18.1 Å². The van der Waals surface area contributed by atoms with Crippen LogP contribution in [-0.4, -0.2) is 53.8 Å². The van der Waals surface area contributed by atoms with Gasteiger partial charge in [0.1, 0.15) is 5.75 Å². The number of nitrogen functional groups attached to an aromatic ring is 1. The first-order valence-electron chi connectivity index (χ1n) is 8.69. The van der Waals surface area contributed by atoms with Gasteiger partial charge < -0.3 is 36.9 Å². The first-order chi connectivity index (χ1) is 13.7. The number of aliphatic carboxylic acids is 1. The summed E-state index contributed by atoms with van der Waals surface area (Å²) in [4.78, 5) is 40.2. The molecule has 8 N–H and O–H groups in total. The summed E-state index contributed by atoms with van der Waals surface area (Å²) in [6.07, 6.45) is 1.95. The summed E-state index contributed by atoms with van der Waals surface area (Å²) in [5.74, 6) is -2.09. The number of anilines is 1. The summed E-state index contributed by atoms with van der Waals surface area (Å²) >= 11 is 0. The van der Waals surface area contributed by atoms with Crippen LogP contribution in [0.1, 0.15) is 36.5 Å². The molecule has 0 heterocycles. The fraction of sp³-hybridized carbons (Fsp3) is 0.444. The molecule has 1 saturated carbocycles. The zero-order valence-corrected chi connectivity index (χ0v) is 16.0. The van der Waals surface area contributed by atoms with Gasteiger partial charge in [0, 0.05) is 23.8 Å². The molecular formula is C18H27N3O8. The second kappa shape index (κ2) is 13.9. The molecule has 1 aliphatic carbocycles. The zero-order valence-electron chi connectivity index (χ0n) is 16.0. The molecule has 11 nitrogen and oxygen atoms in total. The van der Waals surface area contributed by atoms with Crippen molar-refractivity contribution in [2.45, 2.75) is 38.3 Å². The van der Waals surface area contributed by atoms with E-state index in [1.165, 1.54) is 18.2 Å². The third-order valence-electron chi connectivity index (χ3n) is 3.76. The Hall–Kier alpha value is -3.18. The number of carbonyl (C=O) groups excluding carboxylic acids is 2. The Morgan fingerprint density at radius 2 is 1.69 bits per heavy atom. The smallest absolute Gasteiger partial charge is 0.335 e. The molecule has 0 radical (unpaired) electrons.